The molecular weight excluding hydrogens is 300 g/mol. The molecule has 3 N–H and O–H groups in total. The number of nitrogens with one attached hydrogen (secondary N) is 3. The second kappa shape index (κ2) is 6.31. The number of rotatable bonds is 3. The second-order valence-corrected chi connectivity index (χ2v) is 6.68. The van der Waals surface area contributed by atoms with E-state index in [2.05, 4.69) is 20.8 Å². The van der Waals surface area contributed by atoms with Gasteiger partial charge in [-0.2, -0.15) is 5.10 Å². The van der Waals surface area contributed by atoms with E-state index in [-0.39, 0.29) is 11.8 Å². The van der Waals surface area contributed by atoms with Gasteiger partial charge in [0.25, 0.3) is 5.91 Å². The van der Waals surface area contributed by atoms with Gasteiger partial charge in [-0.1, -0.05) is 0 Å². The first-order valence-corrected chi connectivity index (χ1v) is 8.16. The molecule has 1 aliphatic heterocycles. The summed E-state index contributed by atoms with van der Waals surface area (Å²) in [5.74, 6) is -0.437. The molecule has 0 bridgehead atoms. The highest BCUT2D eigenvalue weighted by molar-refractivity contribution is 7.15. The van der Waals surface area contributed by atoms with Crippen molar-refractivity contribution in [3.63, 3.8) is 0 Å². The van der Waals surface area contributed by atoms with Gasteiger partial charge in [0.2, 0.25) is 5.91 Å². The van der Waals surface area contributed by atoms with Crippen molar-refractivity contribution in [1.82, 2.24) is 20.8 Å². The number of carbonyl (C=O) groups excluding carboxylic acids is 2. The van der Waals surface area contributed by atoms with Crippen LogP contribution in [-0.4, -0.2) is 34.6 Å². The first-order chi connectivity index (χ1) is 10.6. The van der Waals surface area contributed by atoms with Gasteiger partial charge in [-0.15, -0.1) is 11.3 Å². The molecule has 3 heterocycles. The average molecular weight is 318 g/mol. The third-order valence-electron chi connectivity index (χ3n) is 3.66. The van der Waals surface area contributed by atoms with Gasteiger partial charge in [0, 0.05) is 11.4 Å². The lowest BCUT2D eigenvalue weighted by Gasteiger charge is -2.13. The number of aryl methyl sites for hydroxylation is 1. The Morgan fingerprint density at radius 2 is 2.27 bits per heavy atom. The summed E-state index contributed by atoms with van der Waals surface area (Å²) in [5, 5.41) is 12.5. The predicted octanol–water partition coefficient (Wildman–Crippen LogP) is 1.85. The zero-order chi connectivity index (χ0) is 15.5. The predicted molar refractivity (Wildman–Crippen MR) is 84.8 cm³/mol. The van der Waals surface area contributed by atoms with Crippen molar-refractivity contribution in [2.75, 3.05) is 6.54 Å². The van der Waals surface area contributed by atoms with Crippen molar-refractivity contribution in [2.24, 2.45) is 0 Å². The van der Waals surface area contributed by atoms with Crippen molar-refractivity contribution in [3.8, 4) is 10.6 Å². The number of carbonyl (C=O) groups is 2. The topological polar surface area (TPSA) is 86.9 Å². The minimum Gasteiger partial charge on any atom is -0.354 e. The van der Waals surface area contributed by atoms with Crippen molar-refractivity contribution in [1.29, 1.82) is 0 Å². The van der Waals surface area contributed by atoms with E-state index in [0.717, 1.165) is 23.4 Å². The van der Waals surface area contributed by atoms with E-state index in [9.17, 15) is 9.59 Å². The fourth-order valence-corrected chi connectivity index (χ4v) is 3.29. The number of amides is 2. The van der Waals surface area contributed by atoms with Gasteiger partial charge in [0.15, 0.2) is 5.69 Å². The van der Waals surface area contributed by atoms with Crippen LogP contribution in [0.15, 0.2) is 18.2 Å². The van der Waals surface area contributed by atoms with E-state index in [1.54, 1.807) is 17.4 Å². The van der Waals surface area contributed by atoms with Gasteiger partial charge in [-0.05, 0) is 44.4 Å². The van der Waals surface area contributed by atoms with Crippen LogP contribution in [0.5, 0.6) is 0 Å². The van der Waals surface area contributed by atoms with Crippen LogP contribution in [0.2, 0.25) is 0 Å². The SMILES string of the molecule is Cc1ccc(-c2cc(C(=O)N[C@H]3CCCCNC3=O)n[nH]2)s1. The lowest BCUT2D eigenvalue weighted by atomic mass is 10.1. The molecule has 0 aliphatic carbocycles. The molecule has 2 aromatic rings. The van der Waals surface area contributed by atoms with Crippen molar-refractivity contribution < 1.29 is 9.59 Å². The van der Waals surface area contributed by atoms with Crippen LogP contribution in [-0.2, 0) is 4.79 Å². The summed E-state index contributed by atoms with van der Waals surface area (Å²) >= 11 is 1.64. The zero-order valence-corrected chi connectivity index (χ0v) is 13.1. The molecule has 2 amide bonds. The zero-order valence-electron chi connectivity index (χ0n) is 12.3. The molecule has 1 atom stereocenters. The number of aromatic amines is 1. The highest BCUT2D eigenvalue weighted by Crippen LogP contribution is 2.26. The van der Waals surface area contributed by atoms with Crippen molar-refractivity contribution in [3.05, 3.63) is 28.8 Å². The fraction of sp³-hybridized carbons (Fsp3) is 0.400. The highest BCUT2D eigenvalue weighted by Gasteiger charge is 2.24. The smallest absolute Gasteiger partial charge is 0.272 e. The average Bonchev–Trinajstić information content (AvgIpc) is 3.09. The van der Waals surface area contributed by atoms with E-state index in [1.165, 1.54) is 4.88 Å². The number of aromatic nitrogens is 2. The van der Waals surface area contributed by atoms with Crippen LogP contribution in [0, 0.1) is 6.92 Å². The Bertz CT molecular complexity index is 691. The van der Waals surface area contributed by atoms with Crippen LogP contribution >= 0.6 is 11.3 Å². The van der Waals surface area contributed by atoms with Gasteiger partial charge in [0.05, 0.1) is 10.6 Å². The third-order valence-corrected chi connectivity index (χ3v) is 4.69. The van der Waals surface area contributed by atoms with Crippen molar-refractivity contribution in [2.45, 2.75) is 32.2 Å². The van der Waals surface area contributed by atoms with Crippen LogP contribution in [0.4, 0.5) is 0 Å². The molecule has 0 unspecified atom stereocenters. The molecule has 0 aromatic carbocycles. The minimum absolute atomic E-state index is 0.115. The van der Waals surface area contributed by atoms with Gasteiger partial charge >= 0.3 is 0 Å². The van der Waals surface area contributed by atoms with Gasteiger partial charge in [-0.25, -0.2) is 0 Å². The molecule has 0 spiro atoms. The molecule has 3 rings (SSSR count). The van der Waals surface area contributed by atoms with Crippen LogP contribution in [0.25, 0.3) is 10.6 Å². The first-order valence-electron chi connectivity index (χ1n) is 7.34. The van der Waals surface area contributed by atoms with E-state index in [4.69, 9.17) is 0 Å². The molecule has 7 heteroatoms. The molecule has 1 aliphatic rings. The largest absolute Gasteiger partial charge is 0.354 e. The number of nitrogens with zero attached hydrogens (tertiary/aromatic N) is 1. The van der Waals surface area contributed by atoms with Gasteiger partial charge in [0.1, 0.15) is 6.04 Å². The summed E-state index contributed by atoms with van der Waals surface area (Å²) in [4.78, 5) is 26.3. The van der Waals surface area contributed by atoms with E-state index < -0.39 is 6.04 Å². The normalized spacial score (nSPS) is 18.6. The Labute approximate surface area is 132 Å². The number of hydrogen-bond donors (Lipinski definition) is 3. The van der Waals surface area contributed by atoms with Gasteiger partial charge in [-0.3, -0.25) is 14.7 Å². The molecule has 6 nitrogen and oxygen atoms in total. The molecule has 2 aromatic heterocycles. The summed E-state index contributed by atoms with van der Waals surface area (Å²) in [6, 6.07) is 5.26. The first kappa shape index (κ1) is 14.8. The Balaban J connectivity index is 1.70. The van der Waals surface area contributed by atoms with E-state index in [0.29, 0.717) is 18.7 Å². The summed E-state index contributed by atoms with van der Waals surface area (Å²) in [6.45, 7) is 2.71. The van der Waals surface area contributed by atoms with Gasteiger partial charge < -0.3 is 10.6 Å². The molecule has 116 valence electrons. The molecule has 0 radical (unpaired) electrons. The lowest BCUT2D eigenvalue weighted by molar-refractivity contribution is -0.122. The van der Waals surface area contributed by atoms with Crippen LogP contribution in [0.1, 0.15) is 34.6 Å². The number of hydrogen-bond acceptors (Lipinski definition) is 4. The highest BCUT2D eigenvalue weighted by atomic mass is 32.1. The standard InChI is InChI=1S/C15H18N4O2S/c1-9-5-6-13(22-9)11-8-12(19-18-11)15(21)17-10-4-2-3-7-16-14(10)20/h5-6,8,10H,2-4,7H2,1H3,(H,16,20)(H,17,21)(H,18,19)/t10-/m0/s1. The third kappa shape index (κ3) is 3.19. The Kier molecular flexibility index (Phi) is 4.24. The lowest BCUT2D eigenvalue weighted by Crippen LogP contribution is -2.45. The van der Waals surface area contributed by atoms with Crippen LogP contribution < -0.4 is 10.6 Å². The van der Waals surface area contributed by atoms with Crippen LogP contribution in [0.3, 0.4) is 0 Å². The summed E-state index contributed by atoms with van der Waals surface area (Å²) < 4.78 is 0. The number of H-pyrrole nitrogens is 1. The maximum absolute atomic E-state index is 12.3. The molecular formula is C15H18N4O2S. The van der Waals surface area contributed by atoms with E-state index >= 15 is 0 Å². The maximum atomic E-state index is 12.3. The summed E-state index contributed by atoms with van der Waals surface area (Å²) in [5.41, 5.74) is 1.12. The molecule has 1 fully saturated rings. The minimum atomic E-state index is -0.473. The second-order valence-electron chi connectivity index (χ2n) is 5.39. The Hall–Kier alpha value is -2.15. The monoisotopic (exact) mass is 318 g/mol. The molecule has 1 saturated heterocycles. The Morgan fingerprint density at radius 1 is 1.41 bits per heavy atom. The molecule has 22 heavy (non-hydrogen) atoms. The summed E-state index contributed by atoms with van der Waals surface area (Å²) in [7, 11) is 0. The van der Waals surface area contributed by atoms with E-state index in [1.807, 2.05) is 19.1 Å². The fourth-order valence-electron chi connectivity index (χ4n) is 2.45. The Morgan fingerprint density at radius 3 is 3.05 bits per heavy atom. The maximum Gasteiger partial charge on any atom is 0.272 e. The molecule has 0 saturated carbocycles. The van der Waals surface area contributed by atoms with Crippen molar-refractivity contribution >= 4 is 23.2 Å². The summed E-state index contributed by atoms with van der Waals surface area (Å²) in [6.07, 6.45) is 2.53. The number of thiophene rings is 1. The quantitative estimate of drug-likeness (QED) is 0.807.